The van der Waals surface area contributed by atoms with Gasteiger partial charge in [-0.2, -0.15) is 0 Å². The summed E-state index contributed by atoms with van der Waals surface area (Å²) in [4.78, 5) is 14.3. The first kappa shape index (κ1) is 14.1. The molecule has 0 saturated carbocycles. The van der Waals surface area contributed by atoms with Crippen LogP contribution in [0.5, 0.6) is 0 Å². The summed E-state index contributed by atoms with van der Waals surface area (Å²) in [6.45, 7) is 6.48. The van der Waals surface area contributed by atoms with Gasteiger partial charge in [-0.3, -0.25) is 4.79 Å². The lowest BCUT2D eigenvalue weighted by Gasteiger charge is -2.29. The first-order chi connectivity index (χ1) is 9.20. The van der Waals surface area contributed by atoms with Crippen LogP contribution in [0.3, 0.4) is 0 Å². The Labute approximate surface area is 114 Å². The van der Waals surface area contributed by atoms with Crippen LogP contribution < -0.4 is 5.32 Å². The molecule has 0 spiro atoms. The number of piperidine rings is 1. The summed E-state index contributed by atoms with van der Waals surface area (Å²) in [5.41, 5.74) is 0.746. The number of nitrogens with one attached hydrogen (secondary N) is 1. The van der Waals surface area contributed by atoms with Gasteiger partial charge < -0.3 is 14.7 Å². The summed E-state index contributed by atoms with van der Waals surface area (Å²) < 4.78 is 5.08. The minimum atomic E-state index is -0.0465. The molecule has 1 aromatic rings. The van der Waals surface area contributed by atoms with Gasteiger partial charge in [-0.25, -0.2) is 0 Å². The van der Waals surface area contributed by atoms with Gasteiger partial charge in [-0.1, -0.05) is 18.5 Å². The Morgan fingerprint density at radius 3 is 3.00 bits per heavy atom. The van der Waals surface area contributed by atoms with Crippen LogP contribution in [0, 0.1) is 6.92 Å². The van der Waals surface area contributed by atoms with Crippen molar-refractivity contribution in [2.45, 2.75) is 45.6 Å². The molecule has 1 aromatic heterocycles. The smallest absolute Gasteiger partial charge is 0.292 e. The third-order valence-electron chi connectivity index (χ3n) is 3.47. The van der Waals surface area contributed by atoms with E-state index in [1.165, 1.54) is 12.8 Å². The summed E-state index contributed by atoms with van der Waals surface area (Å²) in [5.74, 6) is 0.302. The van der Waals surface area contributed by atoms with Crippen LogP contribution in [0.1, 0.15) is 48.9 Å². The second-order valence-electron chi connectivity index (χ2n) is 5.23. The zero-order valence-corrected chi connectivity index (χ0v) is 11.8. The Balaban J connectivity index is 1.99. The first-order valence-corrected chi connectivity index (χ1v) is 7.16. The highest BCUT2D eigenvalue weighted by molar-refractivity contribution is 5.91. The van der Waals surface area contributed by atoms with Gasteiger partial charge in [0.2, 0.25) is 5.76 Å². The van der Waals surface area contributed by atoms with Crippen LogP contribution in [-0.2, 0) is 0 Å². The van der Waals surface area contributed by atoms with Crippen molar-refractivity contribution in [3.05, 3.63) is 17.5 Å². The molecule has 1 aliphatic heterocycles. The Hall–Kier alpha value is -1.36. The molecule has 19 heavy (non-hydrogen) atoms. The summed E-state index contributed by atoms with van der Waals surface area (Å²) in [6.07, 6.45) is 4.57. The highest BCUT2D eigenvalue weighted by atomic mass is 16.5. The standard InChI is InChI=1S/C14H23N3O2/c1-3-8-17(10-12-6-4-5-7-15-12)14(18)13-9-11(2)16-19-13/h9,12,15H,3-8,10H2,1-2H3. The average Bonchev–Trinajstić information content (AvgIpc) is 2.85. The van der Waals surface area contributed by atoms with E-state index in [0.29, 0.717) is 11.8 Å². The summed E-state index contributed by atoms with van der Waals surface area (Å²) in [6, 6.07) is 2.12. The molecule has 1 N–H and O–H groups in total. The summed E-state index contributed by atoms with van der Waals surface area (Å²) >= 11 is 0. The molecule has 1 saturated heterocycles. The fourth-order valence-electron chi connectivity index (χ4n) is 2.51. The van der Waals surface area contributed by atoms with Crippen LogP contribution in [0.15, 0.2) is 10.6 Å². The van der Waals surface area contributed by atoms with E-state index in [2.05, 4.69) is 17.4 Å². The Kier molecular flexibility index (Phi) is 4.96. The minimum absolute atomic E-state index is 0.0465. The number of carbonyl (C=O) groups is 1. The van der Waals surface area contributed by atoms with Crippen molar-refractivity contribution in [2.75, 3.05) is 19.6 Å². The van der Waals surface area contributed by atoms with Crippen molar-refractivity contribution >= 4 is 5.91 Å². The van der Waals surface area contributed by atoms with Gasteiger partial charge in [0, 0.05) is 25.2 Å². The lowest BCUT2D eigenvalue weighted by Crippen LogP contribution is -2.46. The van der Waals surface area contributed by atoms with E-state index in [9.17, 15) is 4.79 Å². The van der Waals surface area contributed by atoms with Gasteiger partial charge in [-0.15, -0.1) is 0 Å². The summed E-state index contributed by atoms with van der Waals surface area (Å²) in [5, 5.41) is 7.27. The van der Waals surface area contributed by atoms with Crippen LogP contribution >= 0.6 is 0 Å². The first-order valence-electron chi connectivity index (χ1n) is 7.16. The maximum atomic E-state index is 12.4. The topological polar surface area (TPSA) is 58.4 Å². The van der Waals surface area contributed by atoms with Crippen molar-refractivity contribution in [3.63, 3.8) is 0 Å². The molecule has 0 bridgehead atoms. The molecule has 1 amide bonds. The zero-order valence-electron chi connectivity index (χ0n) is 11.8. The molecule has 2 rings (SSSR count). The third-order valence-corrected chi connectivity index (χ3v) is 3.47. The monoisotopic (exact) mass is 265 g/mol. The molecule has 0 radical (unpaired) electrons. The molecular weight excluding hydrogens is 242 g/mol. The molecule has 0 aliphatic carbocycles. The number of carbonyl (C=O) groups excluding carboxylic acids is 1. The molecule has 1 unspecified atom stereocenters. The Morgan fingerprint density at radius 2 is 2.42 bits per heavy atom. The number of aromatic nitrogens is 1. The van der Waals surface area contributed by atoms with Gasteiger partial charge in [-0.05, 0) is 32.7 Å². The van der Waals surface area contributed by atoms with Crippen molar-refractivity contribution in [3.8, 4) is 0 Å². The molecule has 0 aromatic carbocycles. The Morgan fingerprint density at radius 1 is 1.58 bits per heavy atom. The normalized spacial score (nSPS) is 19.4. The zero-order chi connectivity index (χ0) is 13.7. The number of hydrogen-bond acceptors (Lipinski definition) is 4. The van der Waals surface area contributed by atoms with Crippen LogP contribution in [0.2, 0.25) is 0 Å². The van der Waals surface area contributed by atoms with Crippen molar-refractivity contribution in [1.82, 2.24) is 15.4 Å². The molecule has 106 valence electrons. The average molecular weight is 265 g/mol. The van der Waals surface area contributed by atoms with E-state index in [1.54, 1.807) is 6.07 Å². The Bertz CT molecular complexity index is 411. The van der Waals surface area contributed by atoms with Gasteiger partial charge in [0.15, 0.2) is 0 Å². The second-order valence-corrected chi connectivity index (χ2v) is 5.23. The largest absolute Gasteiger partial charge is 0.351 e. The van der Waals surface area contributed by atoms with E-state index in [-0.39, 0.29) is 5.91 Å². The fraction of sp³-hybridized carbons (Fsp3) is 0.714. The SMILES string of the molecule is CCCN(CC1CCCCN1)C(=O)c1cc(C)no1. The van der Waals surface area contributed by atoms with Crippen LogP contribution in [-0.4, -0.2) is 41.6 Å². The van der Waals surface area contributed by atoms with Crippen LogP contribution in [0.25, 0.3) is 0 Å². The molecule has 5 nitrogen and oxygen atoms in total. The van der Waals surface area contributed by atoms with Gasteiger partial charge in [0.25, 0.3) is 5.91 Å². The van der Waals surface area contributed by atoms with Crippen molar-refractivity contribution < 1.29 is 9.32 Å². The van der Waals surface area contributed by atoms with Gasteiger partial charge in [0.1, 0.15) is 0 Å². The lowest BCUT2D eigenvalue weighted by molar-refractivity contribution is 0.0690. The van der Waals surface area contributed by atoms with Crippen molar-refractivity contribution in [2.24, 2.45) is 0 Å². The van der Waals surface area contributed by atoms with E-state index >= 15 is 0 Å². The molecular formula is C14H23N3O2. The number of hydrogen-bond donors (Lipinski definition) is 1. The number of amides is 1. The molecule has 1 atom stereocenters. The summed E-state index contributed by atoms with van der Waals surface area (Å²) in [7, 11) is 0. The van der Waals surface area contributed by atoms with Crippen molar-refractivity contribution in [1.29, 1.82) is 0 Å². The van der Waals surface area contributed by atoms with E-state index in [1.807, 2.05) is 11.8 Å². The fourth-order valence-corrected chi connectivity index (χ4v) is 2.51. The lowest BCUT2D eigenvalue weighted by atomic mass is 10.0. The van der Waals surface area contributed by atoms with Crippen LogP contribution in [0.4, 0.5) is 0 Å². The highest BCUT2D eigenvalue weighted by Crippen LogP contribution is 2.12. The number of rotatable bonds is 5. The molecule has 1 aliphatic rings. The number of aryl methyl sites for hydroxylation is 1. The molecule has 5 heteroatoms. The maximum absolute atomic E-state index is 12.4. The number of nitrogens with zero attached hydrogens (tertiary/aromatic N) is 2. The molecule has 2 heterocycles. The predicted molar refractivity (Wildman–Crippen MR) is 73.1 cm³/mol. The third kappa shape index (κ3) is 3.80. The quantitative estimate of drug-likeness (QED) is 0.884. The molecule has 1 fully saturated rings. The van der Waals surface area contributed by atoms with Gasteiger partial charge in [0.05, 0.1) is 5.69 Å². The predicted octanol–water partition coefficient (Wildman–Crippen LogP) is 1.98. The highest BCUT2D eigenvalue weighted by Gasteiger charge is 2.23. The van der Waals surface area contributed by atoms with E-state index < -0.39 is 0 Å². The second kappa shape index (κ2) is 6.70. The maximum Gasteiger partial charge on any atom is 0.292 e. The van der Waals surface area contributed by atoms with Gasteiger partial charge >= 0.3 is 0 Å². The van der Waals surface area contributed by atoms with E-state index in [4.69, 9.17) is 4.52 Å². The van der Waals surface area contributed by atoms with E-state index in [0.717, 1.165) is 38.2 Å². The minimum Gasteiger partial charge on any atom is -0.351 e.